The Bertz CT molecular complexity index is 702. The number of rotatable bonds is 6. The maximum absolute atomic E-state index is 9.68. The normalized spacial score (nSPS) is 16.5. The van der Waals surface area contributed by atoms with Gasteiger partial charge in [-0.25, -0.2) is 0 Å². The quantitative estimate of drug-likeness (QED) is 0.846. The van der Waals surface area contributed by atoms with Crippen LogP contribution in [-0.4, -0.2) is 39.0 Å². The zero-order chi connectivity index (χ0) is 17.8. The van der Waals surface area contributed by atoms with E-state index in [2.05, 4.69) is 53.4 Å². The number of nitrogens with zero attached hydrogens (tertiary/aromatic N) is 3. The van der Waals surface area contributed by atoms with Crippen molar-refractivity contribution in [3.63, 3.8) is 0 Å². The lowest BCUT2D eigenvalue weighted by molar-refractivity contribution is 0.0791. The first-order valence-electron chi connectivity index (χ1n) is 9.21. The Hall–Kier alpha value is -1.69. The molecule has 136 valence electrons. The summed E-state index contributed by atoms with van der Waals surface area (Å²) in [6, 6.07) is 8.67. The molecule has 5 nitrogen and oxygen atoms in total. The Morgan fingerprint density at radius 1 is 1.12 bits per heavy atom. The van der Waals surface area contributed by atoms with Gasteiger partial charge in [-0.15, -0.1) is 0 Å². The van der Waals surface area contributed by atoms with Crippen LogP contribution in [0.4, 0.5) is 0 Å². The van der Waals surface area contributed by atoms with E-state index in [1.807, 2.05) is 11.7 Å². The van der Waals surface area contributed by atoms with Crippen molar-refractivity contribution in [3.05, 3.63) is 52.3 Å². The summed E-state index contributed by atoms with van der Waals surface area (Å²) < 4.78 is 1.95. The van der Waals surface area contributed by atoms with E-state index >= 15 is 0 Å². The fourth-order valence-electron chi connectivity index (χ4n) is 3.60. The monoisotopic (exact) mass is 342 g/mol. The topological polar surface area (TPSA) is 53.3 Å². The Balaban J connectivity index is 1.59. The third-order valence-electron chi connectivity index (χ3n) is 5.35. The third-order valence-corrected chi connectivity index (χ3v) is 5.35. The van der Waals surface area contributed by atoms with Crippen LogP contribution >= 0.6 is 0 Å². The minimum absolute atomic E-state index is 0.112. The molecule has 0 aliphatic carbocycles. The number of aliphatic hydroxyl groups excluding tert-OH is 1. The second-order valence-corrected chi connectivity index (χ2v) is 7.15. The van der Waals surface area contributed by atoms with Crippen molar-refractivity contribution in [3.8, 4) is 0 Å². The zero-order valence-corrected chi connectivity index (χ0v) is 15.6. The van der Waals surface area contributed by atoms with E-state index in [0.29, 0.717) is 0 Å². The molecule has 0 atom stereocenters. The number of piperidine rings is 1. The first-order chi connectivity index (χ1) is 12.0. The summed E-state index contributed by atoms with van der Waals surface area (Å²) in [5.41, 5.74) is 6.36. The average Bonchev–Trinajstić information content (AvgIpc) is 2.84. The molecule has 2 N–H and O–H groups in total. The van der Waals surface area contributed by atoms with Crippen LogP contribution in [0.5, 0.6) is 0 Å². The fraction of sp³-hybridized carbons (Fsp3) is 0.550. The fourth-order valence-corrected chi connectivity index (χ4v) is 3.60. The standard InChI is InChI=1S/C20H30N4O/c1-15-20(16(2)23(3)22-15)13-21-12-17-6-4-5-7-18(17)14-24-10-8-19(25)9-11-24/h4-7,19,21,25H,8-14H2,1-3H3. The number of hydrogen-bond donors (Lipinski definition) is 2. The summed E-state index contributed by atoms with van der Waals surface area (Å²) in [6.07, 6.45) is 1.67. The van der Waals surface area contributed by atoms with Crippen molar-refractivity contribution in [1.82, 2.24) is 20.0 Å². The van der Waals surface area contributed by atoms with Crippen molar-refractivity contribution in [2.45, 2.75) is 52.4 Å². The lowest BCUT2D eigenvalue weighted by atomic mass is 10.0. The number of benzene rings is 1. The highest BCUT2D eigenvalue weighted by Crippen LogP contribution is 2.17. The Morgan fingerprint density at radius 3 is 2.44 bits per heavy atom. The molecule has 5 heteroatoms. The van der Waals surface area contributed by atoms with E-state index in [1.165, 1.54) is 22.4 Å². The molecule has 1 aliphatic rings. The van der Waals surface area contributed by atoms with Crippen LogP contribution in [-0.2, 0) is 26.7 Å². The van der Waals surface area contributed by atoms with Gasteiger partial charge in [0.15, 0.2) is 0 Å². The van der Waals surface area contributed by atoms with Crippen LogP contribution in [0.3, 0.4) is 0 Å². The Morgan fingerprint density at radius 2 is 1.80 bits per heavy atom. The lowest BCUT2D eigenvalue weighted by Crippen LogP contribution is -2.35. The van der Waals surface area contributed by atoms with Crippen molar-refractivity contribution in [1.29, 1.82) is 0 Å². The molecule has 1 saturated heterocycles. The van der Waals surface area contributed by atoms with Crippen LogP contribution in [0.2, 0.25) is 0 Å². The van der Waals surface area contributed by atoms with Crippen LogP contribution in [0.15, 0.2) is 24.3 Å². The SMILES string of the molecule is Cc1nn(C)c(C)c1CNCc1ccccc1CN1CCC(O)CC1. The van der Waals surface area contributed by atoms with Crippen LogP contribution in [0.1, 0.15) is 40.9 Å². The first kappa shape index (κ1) is 18.1. The Labute approximate surface area is 150 Å². The van der Waals surface area contributed by atoms with Gasteiger partial charge >= 0.3 is 0 Å². The number of nitrogens with one attached hydrogen (secondary N) is 1. The molecule has 0 unspecified atom stereocenters. The largest absolute Gasteiger partial charge is 0.393 e. The number of likely N-dealkylation sites (tertiary alicyclic amines) is 1. The third kappa shape index (κ3) is 4.48. The van der Waals surface area contributed by atoms with Gasteiger partial charge in [-0.2, -0.15) is 5.10 Å². The van der Waals surface area contributed by atoms with Crippen LogP contribution in [0, 0.1) is 13.8 Å². The molecule has 1 aromatic heterocycles. The van der Waals surface area contributed by atoms with E-state index in [4.69, 9.17) is 0 Å². The predicted molar refractivity (Wildman–Crippen MR) is 100 cm³/mol. The highest BCUT2D eigenvalue weighted by Gasteiger charge is 2.17. The molecular weight excluding hydrogens is 312 g/mol. The van der Waals surface area contributed by atoms with Gasteiger partial charge in [0.2, 0.25) is 0 Å². The van der Waals surface area contributed by atoms with Gasteiger partial charge in [0, 0.05) is 51.0 Å². The highest BCUT2D eigenvalue weighted by molar-refractivity contribution is 5.28. The molecule has 0 radical (unpaired) electrons. The van der Waals surface area contributed by atoms with Crippen LogP contribution in [0.25, 0.3) is 0 Å². The van der Waals surface area contributed by atoms with Crippen molar-refractivity contribution in [2.24, 2.45) is 7.05 Å². The number of aromatic nitrogens is 2. The minimum Gasteiger partial charge on any atom is -0.393 e. The maximum Gasteiger partial charge on any atom is 0.0641 e. The molecule has 0 saturated carbocycles. The van der Waals surface area contributed by atoms with Crippen LogP contribution < -0.4 is 5.32 Å². The van der Waals surface area contributed by atoms with E-state index in [-0.39, 0.29) is 6.10 Å². The van der Waals surface area contributed by atoms with E-state index < -0.39 is 0 Å². The molecule has 1 aliphatic heterocycles. The number of hydrogen-bond acceptors (Lipinski definition) is 4. The summed E-state index contributed by atoms with van der Waals surface area (Å²) in [7, 11) is 2.00. The molecule has 0 bridgehead atoms. The van der Waals surface area contributed by atoms with E-state index in [0.717, 1.165) is 51.3 Å². The summed E-state index contributed by atoms with van der Waals surface area (Å²) in [5.74, 6) is 0. The van der Waals surface area contributed by atoms with Gasteiger partial charge in [0.05, 0.1) is 11.8 Å². The molecule has 25 heavy (non-hydrogen) atoms. The second-order valence-electron chi connectivity index (χ2n) is 7.15. The summed E-state index contributed by atoms with van der Waals surface area (Å²) in [5, 5.41) is 17.7. The highest BCUT2D eigenvalue weighted by atomic mass is 16.3. The summed E-state index contributed by atoms with van der Waals surface area (Å²) in [6.45, 7) is 8.83. The smallest absolute Gasteiger partial charge is 0.0641 e. The molecule has 0 spiro atoms. The number of aryl methyl sites for hydroxylation is 2. The van der Waals surface area contributed by atoms with Gasteiger partial charge in [0.1, 0.15) is 0 Å². The molecular formula is C20H30N4O. The minimum atomic E-state index is -0.112. The number of aliphatic hydroxyl groups is 1. The molecule has 2 aromatic rings. The molecule has 2 heterocycles. The van der Waals surface area contributed by atoms with Crippen molar-refractivity contribution < 1.29 is 5.11 Å². The molecule has 1 aromatic carbocycles. The second kappa shape index (κ2) is 8.13. The zero-order valence-electron chi connectivity index (χ0n) is 15.6. The molecule has 3 rings (SSSR count). The first-order valence-corrected chi connectivity index (χ1v) is 9.21. The van der Waals surface area contributed by atoms with Crippen molar-refractivity contribution in [2.75, 3.05) is 13.1 Å². The molecule has 0 amide bonds. The Kier molecular flexibility index (Phi) is 5.89. The molecule has 1 fully saturated rings. The summed E-state index contributed by atoms with van der Waals surface area (Å²) >= 11 is 0. The maximum atomic E-state index is 9.68. The average molecular weight is 342 g/mol. The van der Waals surface area contributed by atoms with Crippen molar-refractivity contribution >= 4 is 0 Å². The van der Waals surface area contributed by atoms with Gasteiger partial charge in [-0.05, 0) is 37.8 Å². The summed E-state index contributed by atoms with van der Waals surface area (Å²) in [4.78, 5) is 2.45. The van der Waals surface area contributed by atoms with Gasteiger partial charge in [0.25, 0.3) is 0 Å². The van der Waals surface area contributed by atoms with Gasteiger partial charge < -0.3 is 10.4 Å². The predicted octanol–water partition coefficient (Wildman–Crippen LogP) is 2.28. The van der Waals surface area contributed by atoms with E-state index in [1.54, 1.807) is 0 Å². The van der Waals surface area contributed by atoms with Gasteiger partial charge in [-0.1, -0.05) is 24.3 Å². The van der Waals surface area contributed by atoms with Gasteiger partial charge in [-0.3, -0.25) is 9.58 Å². The lowest BCUT2D eigenvalue weighted by Gasteiger charge is -2.30. The van der Waals surface area contributed by atoms with E-state index in [9.17, 15) is 5.11 Å².